The van der Waals surface area contributed by atoms with E-state index in [0.717, 1.165) is 31.2 Å². The summed E-state index contributed by atoms with van der Waals surface area (Å²) < 4.78 is 12.9. The van der Waals surface area contributed by atoms with Gasteiger partial charge in [0.25, 0.3) is 0 Å². The monoisotopic (exact) mass is 257 g/mol. The summed E-state index contributed by atoms with van der Waals surface area (Å²) in [5.74, 6) is -0.306. The molecule has 1 aromatic carbocycles. The van der Waals surface area contributed by atoms with E-state index in [0.29, 0.717) is 17.6 Å². The molecule has 0 saturated heterocycles. The van der Waals surface area contributed by atoms with Crippen molar-refractivity contribution in [2.75, 3.05) is 0 Å². The largest absolute Gasteiger partial charge is 0.393 e. The van der Waals surface area contributed by atoms with Gasteiger partial charge in [-0.15, -0.1) is 0 Å². The molecule has 1 aliphatic rings. The summed E-state index contributed by atoms with van der Waals surface area (Å²) in [6.07, 6.45) is 3.55. The Morgan fingerprint density at radius 2 is 2.00 bits per heavy atom. The Morgan fingerprint density at radius 3 is 2.65 bits per heavy atom. The predicted molar refractivity (Wildman–Crippen MR) is 66.5 cm³/mol. The first-order valence-electron chi connectivity index (χ1n) is 6.00. The lowest BCUT2D eigenvalue weighted by Gasteiger charge is -2.26. The second kappa shape index (κ2) is 5.80. The molecule has 1 fully saturated rings. The molecule has 0 aromatic heterocycles. The normalized spacial score (nSPS) is 24.9. The van der Waals surface area contributed by atoms with Gasteiger partial charge in [-0.1, -0.05) is 17.7 Å². The number of hydrogen-bond acceptors (Lipinski definition) is 2. The molecule has 2 N–H and O–H groups in total. The molecule has 0 bridgehead atoms. The zero-order chi connectivity index (χ0) is 12.3. The quantitative estimate of drug-likeness (QED) is 0.873. The summed E-state index contributed by atoms with van der Waals surface area (Å²) >= 11 is 5.95. The lowest BCUT2D eigenvalue weighted by atomic mass is 9.93. The van der Waals surface area contributed by atoms with Gasteiger partial charge in [-0.3, -0.25) is 0 Å². The van der Waals surface area contributed by atoms with Crippen LogP contribution in [0.4, 0.5) is 4.39 Å². The smallest absolute Gasteiger partial charge is 0.124 e. The van der Waals surface area contributed by atoms with Crippen LogP contribution in [-0.4, -0.2) is 17.3 Å². The van der Waals surface area contributed by atoms with Crippen molar-refractivity contribution in [3.05, 3.63) is 34.6 Å². The Labute approximate surface area is 106 Å². The fraction of sp³-hybridized carbons (Fsp3) is 0.538. The average molecular weight is 258 g/mol. The molecule has 1 saturated carbocycles. The molecular weight excluding hydrogens is 241 g/mol. The third kappa shape index (κ3) is 3.66. The van der Waals surface area contributed by atoms with Gasteiger partial charge < -0.3 is 10.4 Å². The molecule has 0 spiro atoms. The standard InChI is InChI=1S/C13H17ClFNO/c14-13-7-10(15)2-1-9(13)8-16-11-3-5-12(17)6-4-11/h1-2,7,11-12,16-17H,3-6,8H2. The van der Waals surface area contributed by atoms with Gasteiger partial charge in [0.15, 0.2) is 0 Å². The highest BCUT2D eigenvalue weighted by Crippen LogP contribution is 2.21. The van der Waals surface area contributed by atoms with E-state index >= 15 is 0 Å². The molecule has 0 unspecified atom stereocenters. The Morgan fingerprint density at radius 1 is 1.29 bits per heavy atom. The highest BCUT2D eigenvalue weighted by molar-refractivity contribution is 6.31. The molecule has 1 aliphatic carbocycles. The van der Waals surface area contributed by atoms with E-state index in [-0.39, 0.29) is 11.9 Å². The first-order valence-corrected chi connectivity index (χ1v) is 6.38. The highest BCUT2D eigenvalue weighted by Gasteiger charge is 2.18. The minimum absolute atomic E-state index is 0.137. The van der Waals surface area contributed by atoms with Gasteiger partial charge in [-0.2, -0.15) is 0 Å². The number of aliphatic hydroxyl groups is 1. The maximum atomic E-state index is 12.9. The molecule has 0 atom stereocenters. The average Bonchev–Trinajstić information content (AvgIpc) is 2.30. The molecule has 0 radical (unpaired) electrons. The Hall–Kier alpha value is -0.640. The molecule has 0 heterocycles. The summed E-state index contributed by atoms with van der Waals surface area (Å²) in [5.41, 5.74) is 0.916. The van der Waals surface area contributed by atoms with Crippen LogP contribution in [0, 0.1) is 5.82 Å². The molecule has 17 heavy (non-hydrogen) atoms. The fourth-order valence-electron chi connectivity index (χ4n) is 2.20. The number of hydrogen-bond donors (Lipinski definition) is 2. The van der Waals surface area contributed by atoms with Crippen LogP contribution in [0.5, 0.6) is 0 Å². The van der Waals surface area contributed by atoms with E-state index in [1.165, 1.54) is 12.1 Å². The van der Waals surface area contributed by atoms with Gasteiger partial charge >= 0.3 is 0 Å². The van der Waals surface area contributed by atoms with E-state index in [1.807, 2.05) is 0 Å². The van der Waals surface area contributed by atoms with E-state index < -0.39 is 0 Å². The summed E-state index contributed by atoms with van der Waals surface area (Å²) in [5, 5.41) is 13.3. The van der Waals surface area contributed by atoms with Gasteiger partial charge in [0.05, 0.1) is 6.10 Å². The van der Waals surface area contributed by atoms with Crippen LogP contribution >= 0.6 is 11.6 Å². The topological polar surface area (TPSA) is 32.3 Å². The van der Waals surface area contributed by atoms with E-state index in [1.54, 1.807) is 6.07 Å². The molecule has 2 rings (SSSR count). The number of aliphatic hydroxyl groups excluding tert-OH is 1. The fourth-order valence-corrected chi connectivity index (χ4v) is 2.43. The minimum atomic E-state index is -0.306. The molecule has 0 aliphatic heterocycles. The van der Waals surface area contributed by atoms with Crippen LogP contribution in [0.3, 0.4) is 0 Å². The van der Waals surface area contributed by atoms with Crippen LogP contribution in [0.25, 0.3) is 0 Å². The summed E-state index contributed by atoms with van der Waals surface area (Å²) in [6, 6.07) is 4.90. The molecule has 1 aromatic rings. The van der Waals surface area contributed by atoms with Gasteiger partial charge in [0.2, 0.25) is 0 Å². The van der Waals surface area contributed by atoms with Crippen molar-refractivity contribution >= 4 is 11.6 Å². The van der Waals surface area contributed by atoms with Crippen LogP contribution in [0.2, 0.25) is 5.02 Å². The third-order valence-electron chi connectivity index (χ3n) is 3.29. The van der Waals surface area contributed by atoms with Crippen LogP contribution in [-0.2, 0) is 6.54 Å². The van der Waals surface area contributed by atoms with Gasteiger partial charge in [0.1, 0.15) is 5.82 Å². The summed E-state index contributed by atoms with van der Waals surface area (Å²) in [6.45, 7) is 0.653. The van der Waals surface area contributed by atoms with Crippen LogP contribution in [0.1, 0.15) is 31.2 Å². The van der Waals surface area contributed by atoms with E-state index in [9.17, 15) is 9.50 Å². The zero-order valence-corrected chi connectivity index (χ0v) is 10.4. The lowest BCUT2D eigenvalue weighted by molar-refractivity contribution is 0.116. The Bertz CT molecular complexity index is 378. The van der Waals surface area contributed by atoms with Gasteiger partial charge in [-0.05, 0) is 43.4 Å². The third-order valence-corrected chi connectivity index (χ3v) is 3.64. The SMILES string of the molecule is OC1CCC(NCc2ccc(F)cc2Cl)CC1. The van der Waals surface area contributed by atoms with Gasteiger partial charge in [-0.25, -0.2) is 4.39 Å². The van der Waals surface area contributed by atoms with Crippen molar-refractivity contribution in [2.45, 2.75) is 44.4 Å². The summed E-state index contributed by atoms with van der Waals surface area (Å²) in [7, 11) is 0. The summed E-state index contributed by atoms with van der Waals surface area (Å²) in [4.78, 5) is 0. The zero-order valence-electron chi connectivity index (χ0n) is 9.63. The van der Waals surface area contributed by atoms with E-state index in [4.69, 9.17) is 11.6 Å². The van der Waals surface area contributed by atoms with Crippen molar-refractivity contribution < 1.29 is 9.50 Å². The van der Waals surface area contributed by atoms with Crippen LogP contribution < -0.4 is 5.32 Å². The van der Waals surface area contributed by atoms with Crippen molar-refractivity contribution in [1.82, 2.24) is 5.32 Å². The maximum absolute atomic E-state index is 12.9. The molecule has 2 nitrogen and oxygen atoms in total. The Balaban J connectivity index is 1.85. The lowest BCUT2D eigenvalue weighted by Crippen LogP contribution is -2.34. The van der Waals surface area contributed by atoms with Crippen molar-refractivity contribution in [2.24, 2.45) is 0 Å². The number of nitrogens with one attached hydrogen (secondary N) is 1. The first kappa shape index (κ1) is 12.8. The van der Waals surface area contributed by atoms with Crippen molar-refractivity contribution in [3.63, 3.8) is 0 Å². The molecule has 0 amide bonds. The molecule has 4 heteroatoms. The maximum Gasteiger partial charge on any atom is 0.124 e. The number of halogens is 2. The van der Waals surface area contributed by atoms with E-state index in [2.05, 4.69) is 5.32 Å². The minimum Gasteiger partial charge on any atom is -0.393 e. The molecule has 94 valence electrons. The van der Waals surface area contributed by atoms with Crippen molar-refractivity contribution in [3.8, 4) is 0 Å². The van der Waals surface area contributed by atoms with Crippen molar-refractivity contribution in [1.29, 1.82) is 0 Å². The number of benzene rings is 1. The highest BCUT2D eigenvalue weighted by atomic mass is 35.5. The Kier molecular flexibility index (Phi) is 4.37. The number of rotatable bonds is 3. The second-order valence-corrected chi connectivity index (χ2v) is 5.03. The predicted octanol–water partition coefficient (Wildman–Crippen LogP) is 2.87. The van der Waals surface area contributed by atoms with Gasteiger partial charge in [0, 0.05) is 17.6 Å². The second-order valence-electron chi connectivity index (χ2n) is 4.62. The molecular formula is C13H17ClFNO. The first-order chi connectivity index (χ1) is 8.15. The van der Waals surface area contributed by atoms with Crippen LogP contribution in [0.15, 0.2) is 18.2 Å².